The fourth-order valence-corrected chi connectivity index (χ4v) is 3.28. The zero-order valence-electron chi connectivity index (χ0n) is 15.2. The lowest BCUT2D eigenvalue weighted by Gasteiger charge is -2.34. The van der Waals surface area contributed by atoms with Gasteiger partial charge >= 0.3 is 0 Å². The van der Waals surface area contributed by atoms with Crippen LogP contribution in [0, 0.1) is 11.3 Å². The minimum absolute atomic E-state index is 0.0579. The van der Waals surface area contributed by atoms with Crippen LogP contribution in [0.5, 0.6) is 0 Å². The molecule has 1 amide bonds. The van der Waals surface area contributed by atoms with Gasteiger partial charge in [-0.3, -0.25) is 9.69 Å². The van der Waals surface area contributed by atoms with E-state index in [1.54, 1.807) is 24.4 Å². The van der Waals surface area contributed by atoms with Crippen molar-refractivity contribution in [2.24, 2.45) is 0 Å². The summed E-state index contributed by atoms with van der Waals surface area (Å²) in [6, 6.07) is 17.1. The number of hydrogen-bond donors (Lipinski definition) is 1. The van der Waals surface area contributed by atoms with E-state index in [1.807, 2.05) is 29.2 Å². The van der Waals surface area contributed by atoms with Gasteiger partial charge in [0.2, 0.25) is 0 Å². The first kappa shape index (κ1) is 20.2. The zero-order valence-corrected chi connectivity index (χ0v) is 16.7. The lowest BCUT2D eigenvalue weighted by molar-refractivity contribution is -0.112. The van der Waals surface area contributed by atoms with Crippen molar-refractivity contribution in [3.63, 3.8) is 0 Å². The molecule has 5 nitrogen and oxygen atoms in total. The van der Waals surface area contributed by atoms with Crippen LogP contribution in [0.3, 0.4) is 0 Å². The molecule has 1 fully saturated rings. The largest absolute Gasteiger partial charge is 0.374 e. The van der Waals surface area contributed by atoms with E-state index in [0.29, 0.717) is 15.7 Å². The number of carbonyl (C=O) groups excluding carboxylic acids is 1. The number of hydrogen-bond acceptors (Lipinski definition) is 4. The van der Waals surface area contributed by atoms with E-state index in [4.69, 9.17) is 23.2 Å². The molecule has 0 saturated carbocycles. The highest BCUT2D eigenvalue weighted by Crippen LogP contribution is 2.25. The molecule has 28 heavy (non-hydrogen) atoms. The summed E-state index contributed by atoms with van der Waals surface area (Å²) in [5.41, 5.74) is 1.83. The van der Waals surface area contributed by atoms with Crippen LogP contribution in [-0.4, -0.2) is 41.9 Å². The molecule has 3 rings (SSSR count). The maximum absolute atomic E-state index is 12.4. The second kappa shape index (κ2) is 9.61. The van der Waals surface area contributed by atoms with Gasteiger partial charge in [0.05, 0.1) is 10.0 Å². The van der Waals surface area contributed by atoms with Gasteiger partial charge in [0.25, 0.3) is 5.91 Å². The Hall–Kier alpha value is -2.52. The molecule has 1 heterocycles. The Labute approximate surface area is 174 Å². The van der Waals surface area contributed by atoms with E-state index in [-0.39, 0.29) is 5.57 Å². The fraction of sp³-hybridized carbons (Fsp3) is 0.238. The van der Waals surface area contributed by atoms with Crippen molar-refractivity contribution >= 4 is 34.8 Å². The fourth-order valence-electron chi connectivity index (χ4n) is 2.99. The Bertz CT molecular complexity index is 900. The number of carbonyl (C=O) groups is 1. The van der Waals surface area contributed by atoms with Crippen LogP contribution in [0.1, 0.15) is 5.56 Å². The normalized spacial score (nSPS) is 15.2. The van der Waals surface area contributed by atoms with Gasteiger partial charge in [-0.2, -0.15) is 5.26 Å². The Morgan fingerprint density at radius 1 is 1.07 bits per heavy atom. The maximum Gasteiger partial charge on any atom is 0.267 e. The number of piperazine rings is 1. The van der Waals surface area contributed by atoms with E-state index in [9.17, 15) is 10.1 Å². The van der Waals surface area contributed by atoms with Crippen LogP contribution in [0.25, 0.3) is 0 Å². The number of amides is 1. The molecular weight excluding hydrogens is 395 g/mol. The Morgan fingerprint density at radius 3 is 2.43 bits per heavy atom. The van der Waals surface area contributed by atoms with Crippen LogP contribution in [0.2, 0.25) is 10.0 Å². The molecule has 0 atom stereocenters. The molecular formula is C21H20Cl2N4O. The van der Waals surface area contributed by atoms with Crippen molar-refractivity contribution in [1.29, 1.82) is 5.26 Å². The number of nitriles is 1. The molecule has 7 heteroatoms. The third-order valence-corrected chi connectivity index (χ3v) is 5.25. The predicted molar refractivity (Wildman–Crippen MR) is 112 cm³/mol. The lowest BCUT2D eigenvalue weighted by atomic mass is 10.2. The first-order chi connectivity index (χ1) is 13.5. The van der Waals surface area contributed by atoms with Crippen LogP contribution in [0.15, 0.2) is 60.3 Å². The van der Waals surface area contributed by atoms with E-state index in [1.165, 1.54) is 5.56 Å². The van der Waals surface area contributed by atoms with Gasteiger partial charge in [0.1, 0.15) is 11.6 Å². The monoisotopic (exact) mass is 414 g/mol. The number of rotatable bonds is 5. The van der Waals surface area contributed by atoms with Crippen molar-refractivity contribution in [3.8, 4) is 6.07 Å². The first-order valence-electron chi connectivity index (χ1n) is 8.94. The third kappa shape index (κ3) is 5.49. The molecule has 0 radical (unpaired) electrons. The van der Waals surface area contributed by atoms with Crippen LogP contribution >= 0.6 is 23.2 Å². The summed E-state index contributed by atoms with van der Waals surface area (Å²) in [6.45, 7) is 4.18. The molecule has 1 aliphatic rings. The summed E-state index contributed by atoms with van der Waals surface area (Å²) in [7, 11) is 0. The number of benzene rings is 2. The number of halogens is 2. The van der Waals surface area contributed by atoms with Crippen LogP contribution in [-0.2, 0) is 11.3 Å². The highest BCUT2D eigenvalue weighted by Gasteiger charge is 2.17. The molecule has 0 spiro atoms. The topological polar surface area (TPSA) is 59.4 Å². The third-order valence-electron chi connectivity index (χ3n) is 4.51. The Balaban J connectivity index is 1.56. The molecule has 0 aromatic heterocycles. The quantitative estimate of drug-likeness (QED) is 0.589. The summed E-state index contributed by atoms with van der Waals surface area (Å²) in [4.78, 5) is 16.8. The van der Waals surface area contributed by atoms with Gasteiger partial charge in [-0.1, -0.05) is 53.5 Å². The van der Waals surface area contributed by atoms with Gasteiger partial charge < -0.3 is 10.2 Å². The summed E-state index contributed by atoms with van der Waals surface area (Å²) in [6.07, 6.45) is 1.63. The summed E-state index contributed by atoms with van der Waals surface area (Å²) in [5, 5.41) is 12.8. The molecule has 0 bridgehead atoms. The van der Waals surface area contributed by atoms with E-state index >= 15 is 0 Å². The van der Waals surface area contributed by atoms with Gasteiger partial charge in [-0.25, -0.2) is 0 Å². The highest BCUT2D eigenvalue weighted by atomic mass is 35.5. The van der Waals surface area contributed by atoms with Crippen molar-refractivity contribution in [1.82, 2.24) is 9.80 Å². The number of nitrogens with one attached hydrogen (secondary N) is 1. The minimum atomic E-state index is -0.465. The molecule has 2 aromatic carbocycles. The molecule has 1 saturated heterocycles. The van der Waals surface area contributed by atoms with E-state index in [0.717, 1.165) is 32.7 Å². The average molecular weight is 415 g/mol. The van der Waals surface area contributed by atoms with Crippen molar-refractivity contribution in [2.75, 3.05) is 31.5 Å². The number of anilines is 1. The van der Waals surface area contributed by atoms with E-state index in [2.05, 4.69) is 22.3 Å². The second-order valence-corrected chi connectivity index (χ2v) is 7.35. The molecule has 1 aliphatic heterocycles. The van der Waals surface area contributed by atoms with Crippen LogP contribution < -0.4 is 5.32 Å². The van der Waals surface area contributed by atoms with Crippen molar-refractivity contribution < 1.29 is 4.79 Å². The zero-order chi connectivity index (χ0) is 19.9. The van der Waals surface area contributed by atoms with E-state index < -0.39 is 5.91 Å². The Kier molecular flexibility index (Phi) is 6.94. The first-order valence-corrected chi connectivity index (χ1v) is 9.69. The number of nitrogens with zero attached hydrogens (tertiary/aromatic N) is 3. The van der Waals surface area contributed by atoms with Gasteiger partial charge in [0, 0.05) is 44.6 Å². The Morgan fingerprint density at radius 2 is 1.79 bits per heavy atom. The standard InChI is InChI=1S/C21H20Cl2N4O/c22-19-7-6-18(12-20(19)23)25-21(28)17(13-24)15-27-10-8-26(9-11-27)14-16-4-2-1-3-5-16/h1-7,12,15H,8-11,14H2,(H,25,28)/b17-15-. The molecule has 0 unspecified atom stereocenters. The summed E-state index contributed by atoms with van der Waals surface area (Å²) >= 11 is 11.8. The highest BCUT2D eigenvalue weighted by molar-refractivity contribution is 6.42. The summed E-state index contributed by atoms with van der Waals surface area (Å²) in [5.74, 6) is -0.465. The minimum Gasteiger partial charge on any atom is -0.374 e. The van der Waals surface area contributed by atoms with Crippen molar-refractivity contribution in [3.05, 3.63) is 75.9 Å². The molecule has 1 N–H and O–H groups in total. The summed E-state index contributed by atoms with van der Waals surface area (Å²) < 4.78 is 0. The van der Waals surface area contributed by atoms with Crippen molar-refractivity contribution in [2.45, 2.75) is 6.54 Å². The predicted octanol–water partition coefficient (Wildman–Crippen LogP) is 4.16. The molecule has 2 aromatic rings. The molecule has 0 aliphatic carbocycles. The SMILES string of the molecule is N#C/C(=C/N1CCN(Cc2ccccc2)CC1)C(=O)Nc1ccc(Cl)c(Cl)c1. The smallest absolute Gasteiger partial charge is 0.267 e. The second-order valence-electron chi connectivity index (χ2n) is 6.54. The van der Waals surface area contributed by atoms with Gasteiger partial charge in [-0.15, -0.1) is 0 Å². The van der Waals surface area contributed by atoms with Gasteiger partial charge in [-0.05, 0) is 23.8 Å². The molecule has 144 valence electrons. The lowest BCUT2D eigenvalue weighted by Crippen LogP contribution is -2.43. The average Bonchev–Trinajstić information content (AvgIpc) is 2.71. The van der Waals surface area contributed by atoms with Gasteiger partial charge in [0.15, 0.2) is 0 Å². The van der Waals surface area contributed by atoms with Crippen LogP contribution in [0.4, 0.5) is 5.69 Å². The maximum atomic E-state index is 12.4.